The molecule has 7 heteroatoms. The molecule has 1 heterocycles. The van der Waals surface area contributed by atoms with Crippen LogP contribution < -0.4 is 4.72 Å². The summed E-state index contributed by atoms with van der Waals surface area (Å²) in [4.78, 5) is 6.80. The van der Waals surface area contributed by atoms with Crippen LogP contribution in [-0.4, -0.2) is 18.4 Å². The van der Waals surface area contributed by atoms with Gasteiger partial charge in [-0.2, -0.15) is 0 Å². The van der Waals surface area contributed by atoms with Gasteiger partial charge in [-0.25, -0.2) is 22.5 Å². The summed E-state index contributed by atoms with van der Waals surface area (Å²) in [6, 6.07) is 4.15. The molecule has 0 amide bonds. The molecule has 1 unspecified atom stereocenters. The van der Waals surface area contributed by atoms with Crippen molar-refractivity contribution >= 4 is 10.0 Å². The Bertz CT molecular complexity index is 608. The maximum Gasteiger partial charge on any atom is 0.241 e. The lowest BCUT2D eigenvalue weighted by Crippen LogP contribution is -2.27. The highest BCUT2D eigenvalue weighted by atomic mass is 32.2. The van der Waals surface area contributed by atoms with Gasteiger partial charge in [-0.3, -0.25) is 0 Å². The van der Waals surface area contributed by atoms with Crippen molar-refractivity contribution in [2.45, 2.75) is 17.9 Å². The highest BCUT2D eigenvalue weighted by Gasteiger charge is 2.19. The molecular weight excluding hydrogens is 257 g/mol. The first kappa shape index (κ1) is 12.7. The Hall–Kier alpha value is -1.73. The van der Waals surface area contributed by atoms with Crippen molar-refractivity contribution < 1.29 is 12.8 Å². The fraction of sp³-hybridized carbons (Fsp3) is 0.182. The van der Waals surface area contributed by atoms with E-state index in [-0.39, 0.29) is 4.90 Å². The smallest absolute Gasteiger partial charge is 0.241 e. The molecule has 0 fully saturated rings. The summed E-state index contributed by atoms with van der Waals surface area (Å²) >= 11 is 0. The predicted molar refractivity (Wildman–Crippen MR) is 63.7 cm³/mol. The van der Waals surface area contributed by atoms with Gasteiger partial charge >= 0.3 is 0 Å². The lowest BCUT2D eigenvalue weighted by Gasteiger charge is -2.12. The van der Waals surface area contributed by atoms with Crippen LogP contribution in [0.15, 0.2) is 41.6 Å². The first-order valence-electron chi connectivity index (χ1n) is 5.26. The summed E-state index contributed by atoms with van der Waals surface area (Å²) in [5.74, 6) is 0.0359. The van der Waals surface area contributed by atoms with Gasteiger partial charge in [-0.15, -0.1) is 0 Å². The molecule has 2 N–H and O–H groups in total. The molecule has 1 aromatic heterocycles. The minimum atomic E-state index is -3.68. The lowest BCUT2D eigenvalue weighted by atomic mass is 10.3. The van der Waals surface area contributed by atoms with Crippen LogP contribution in [0.3, 0.4) is 0 Å². The highest BCUT2D eigenvalue weighted by molar-refractivity contribution is 7.89. The van der Waals surface area contributed by atoms with Crippen molar-refractivity contribution in [2.24, 2.45) is 0 Å². The number of nitrogens with one attached hydrogen (secondary N) is 2. The Morgan fingerprint density at radius 1 is 1.33 bits per heavy atom. The number of hydrogen-bond donors (Lipinski definition) is 2. The van der Waals surface area contributed by atoms with E-state index >= 15 is 0 Å². The Morgan fingerprint density at radius 3 is 2.56 bits per heavy atom. The van der Waals surface area contributed by atoms with E-state index in [9.17, 15) is 12.8 Å². The van der Waals surface area contributed by atoms with Crippen LogP contribution in [0.4, 0.5) is 4.39 Å². The van der Waals surface area contributed by atoms with E-state index in [0.717, 1.165) is 12.1 Å². The Morgan fingerprint density at radius 2 is 2.00 bits per heavy atom. The van der Waals surface area contributed by atoms with Gasteiger partial charge in [0, 0.05) is 12.4 Å². The van der Waals surface area contributed by atoms with Gasteiger partial charge in [0.25, 0.3) is 0 Å². The fourth-order valence-corrected chi connectivity index (χ4v) is 2.69. The molecule has 0 aliphatic rings. The third kappa shape index (κ3) is 2.74. The Kier molecular flexibility index (Phi) is 3.44. The summed E-state index contributed by atoms with van der Waals surface area (Å²) in [7, 11) is -3.68. The van der Waals surface area contributed by atoms with Gasteiger partial charge in [-0.1, -0.05) is 0 Å². The second-order valence-corrected chi connectivity index (χ2v) is 5.49. The first-order chi connectivity index (χ1) is 8.49. The normalized spacial score (nSPS) is 13.4. The topological polar surface area (TPSA) is 74.8 Å². The molecule has 96 valence electrons. The maximum absolute atomic E-state index is 12.7. The maximum atomic E-state index is 12.7. The van der Waals surface area contributed by atoms with Gasteiger partial charge < -0.3 is 4.98 Å². The number of aromatic amines is 1. The number of sulfonamides is 1. The number of halogens is 1. The summed E-state index contributed by atoms with van der Waals surface area (Å²) in [5, 5.41) is 0. The average Bonchev–Trinajstić information content (AvgIpc) is 2.82. The number of nitrogens with zero attached hydrogens (tertiary/aromatic N) is 1. The molecule has 2 rings (SSSR count). The van der Waals surface area contributed by atoms with Crippen LogP contribution in [0.2, 0.25) is 0 Å². The zero-order valence-corrected chi connectivity index (χ0v) is 10.4. The van der Waals surface area contributed by atoms with Crippen LogP contribution >= 0.6 is 0 Å². The van der Waals surface area contributed by atoms with Crippen molar-refractivity contribution in [3.63, 3.8) is 0 Å². The summed E-state index contributed by atoms with van der Waals surface area (Å²) in [6.07, 6.45) is 3.15. The van der Waals surface area contributed by atoms with E-state index < -0.39 is 21.9 Å². The quantitative estimate of drug-likeness (QED) is 0.885. The third-order valence-corrected chi connectivity index (χ3v) is 3.94. The second kappa shape index (κ2) is 4.87. The second-order valence-electron chi connectivity index (χ2n) is 3.77. The van der Waals surface area contributed by atoms with Gasteiger partial charge in [0.05, 0.1) is 10.9 Å². The zero-order valence-electron chi connectivity index (χ0n) is 9.59. The van der Waals surface area contributed by atoms with Crippen LogP contribution in [0.1, 0.15) is 18.8 Å². The van der Waals surface area contributed by atoms with Crippen molar-refractivity contribution in [1.82, 2.24) is 14.7 Å². The molecule has 0 saturated carbocycles. The zero-order chi connectivity index (χ0) is 13.2. The molecule has 1 aromatic carbocycles. The monoisotopic (exact) mass is 269 g/mol. The number of hydrogen-bond acceptors (Lipinski definition) is 3. The van der Waals surface area contributed by atoms with E-state index in [4.69, 9.17) is 0 Å². The number of aromatic nitrogens is 2. The van der Waals surface area contributed by atoms with Gasteiger partial charge in [0.1, 0.15) is 11.6 Å². The van der Waals surface area contributed by atoms with Crippen LogP contribution in [0, 0.1) is 5.82 Å². The first-order valence-corrected chi connectivity index (χ1v) is 6.74. The van der Waals surface area contributed by atoms with Gasteiger partial charge in [0.15, 0.2) is 0 Å². The summed E-state index contributed by atoms with van der Waals surface area (Å²) < 4.78 is 39.1. The molecule has 1 atom stereocenters. The molecule has 0 aliphatic carbocycles. The summed E-state index contributed by atoms with van der Waals surface area (Å²) in [6.45, 7) is 1.67. The number of imidazole rings is 1. The van der Waals surface area contributed by atoms with Crippen molar-refractivity contribution in [2.75, 3.05) is 0 Å². The molecule has 0 spiro atoms. The molecule has 5 nitrogen and oxygen atoms in total. The molecule has 0 aliphatic heterocycles. The van der Waals surface area contributed by atoms with Crippen LogP contribution in [0.5, 0.6) is 0 Å². The molecule has 0 radical (unpaired) electrons. The highest BCUT2D eigenvalue weighted by Crippen LogP contribution is 2.14. The van der Waals surface area contributed by atoms with Crippen molar-refractivity contribution in [3.05, 3.63) is 48.3 Å². The van der Waals surface area contributed by atoms with Crippen molar-refractivity contribution in [1.29, 1.82) is 0 Å². The Labute approximate surface area is 104 Å². The lowest BCUT2D eigenvalue weighted by molar-refractivity contribution is 0.560. The molecule has 0 saturated heterocycles. The van der Waals surface area contributed by atoms with E-state index in [2.05, 4.69) is 14.7 Å². The number of benzene rings is 1. The predicted octanol–water partition coefficient (Wildman–Crippen LogP) is 1.59. The standard InChI is InChI=1S/C11H12FN3O2S/c1-8(11-13-6-7-14-11)15-18(16,17)10-4-2-9(12)3-5-10/h2-8,15H,1H3,(H,13,14). The molecule has 0 bridgehead atoms. The van der Waals surface area contributed by atoms with E-state index in [1.807, 2.05) is 0 Å². The summed E-state index contributed by atoms with van der Waals surface area (Å²) in [5.41, 5.74) is 0. The van der Waals surface area contributed by atoms with Crippen molar-refractivity contribution in [3.8, 4) is 0 Å². The molecular formula is C11H12FN3O2S. The average molecular weight is 269 g/mol. The third-order valence-electron chi connectivity index (χ3n) is 2.39. The van der Waals surface area contributed by atoms with E-state index in [1.54, 1.807) is 13.1 Å². The Balaban J connectivity index is 2.20. The van der Waals surface area contributed by atoms with Crippen LogP contribution in [-0.2, 0) is 10.0 Å². The molecule has 2 aromatic rings. The fourth-order valence-electron chi connectivity index (χ4n) is 1.48. The minimum absolute atomic E-state index is 0.0160. The van der Waals surface area contributed by atoms with Gasteiger partial charge in [0.2, 0.25) is 10.0 Å². The minimum Gasteiger partial charge on any atom is -0.347 e. The SMILES string of the molecule is CC(NS(=O)(=O)c1ccc(F)cc1)c1ncc[nH]1. The largest absolute Gasteiger partial charge is 0.347 e. The van der Waals surface area contributed by atoms with E-state index in [1.165, 1.54) is 18.3 Å². The number of rotatable bonds is 4. The van der Waals surface area contributed by atoms with Crippen LogP contribution in [0.25, 0.3) is 0 Å². The van der Waals surface area contributed by atoms with Gasteiger partial charge in [-0.05, 0) is 31.2 Å². The molecule has 18 heavy (non-hydrogen) atoms. The van der Waals surface area contributed by atoms with E-state index in [0.29, 0.717) is 5.82 Å². The number of H-pyrrole nitrogens is 1.